The van der Waals surface area contributed by atoms with Gasteiger partial charge >= 0.3 is 5.97 Å². The summed E-state index contributed by atoms with van der Waals surface area (Å²) in [6.07, 6.45) is 5.92. The molecular formula is C23H37N3O7S2. The maximum Gasteiger partial charge on any atom is 0.309 e. The fourth-order valence-corrected chi connectivity index (χ4v) is 4.49. The summed E-state index contributed by atoms with van der Waals surface area (Å²) in [5, 5.41) is 7.80. The van der Waals surface area contributed by atoms with Gasteiger partial charge in [-0.3, -0.25) is 19.2 Å². The van der Waals surface area contributed by atoms with Gasteiger partial charge in [0.15, 0.2) is 0 Å². The Morgan fingerprint density at radius 2 is 1.80 bits per heavy atom. The highest BCUT2D eigenvalue weighted by atomic mass is 33.1. The van der Waals surface area contributed by atoms with E-state index >= 15 is 0 Å². The molecule has 1 fully saturated rings. The Labute approximate surface area is 214 Å². The number of carbonyl (C=O) groups excluding carboxylic acids is 5. The number of hydrogen-bond donors (Lipinski definition) is 3. The van der Waals surface area contributed by atoms with Crippen LogP contribution in [0, 0.1) is 5.92 Å². The van der Waals surface area contributed by atoms with Crippen molar-refractivity contribution in [3.05, 3.63) is 12.2 Å². The lowest BCUT2D eigenvalue weighted by molar-refractivity contribution is -0.152. The highest BCUT2D eigenvalue weighted by molar-refractivity contribution is 8.76. The number of allylic oxidation sites excluding steroid dienone is 1. The monoisotopic (exact) mass is 531 g/mol. The van der Waals surface area contributed by atoms with Crippen molar-refractivity contribution < 1.29 is 33.4 Å². The molecule has 0 aliphatic carbocycles. The van der Waals surface area contributed by atoms with Gasteiger partial charge in [-0.1, -0.05) is 47.9 Å². The number of esters is 1. The first-order valence-corrected chi connectivity index (χ1v) is 14.4. The van der Waals surface area contributed by atoms with Crippen LogP contribution in [-0.4, -0.2) is 79.9 Å². The number of rotatable bonds is 11. The Morgan fingerprint density at radius 3 is 2.49 bits per heavy atom. The molecular weight excluding hydrogens is 494 g/mol. The van der Waals surface area contributed by atoms with Crippen LogP contribution >= 0.6 is 21.6 Å². The van der Waals surface area contributed by atoms with E-state index in [9.17, 15) is 24.0 Å². The van der Waals surface area contributed by atoms with E-state index < -0.39 is 41.9 Å². The zero-order chi connectivity index (χ0) is 26.1. The predicted molar refractivity (Wildman–Crippen MR) is 137 cm³/mol. The molecule has 0 aromatic heterocycles. The molecule has 3 amide bonds. The molecule has 1 rings (SSSR count). The number of amides is 3. The molecule has 1 aliphatic rings. The van der Waals surface area contributed by atoms with E-state index in [1.54, 1.807) is 27.7 Å². The van der Waals surface area contributed by atoms with Crippen LogP contribution in [0.15, 0.2) is 12.2 Å². The first kappa shape index (κ1) is 31.0. The molecule has 35 heavy (non-hydrogen) atoms. The first-order valence-electron chi connectivity index (χ1n) is 11.7. The van der Waals surface area contributed by atoms with E-state index in [1.165, 1.54) is 0 Å². The SMILES string of the molecule is CCC(C)[C@H]1NC(=O)CNC(=O)CNC(=O)C[C@@H](C=CCCSSC)OC(=O)CC1OCCC=O. The molecule has 0 bridgehead atoms. The third-order valence-electron chi connectivity index (χ3n) is 5.32. The fraction of sp³-hybridized carbons (Fsp3) is 0.696. The average Bonchev–Trinajstić information content (AvgIpc) is 2.83. The van der Waals surface area contributed by atoms with Crippen molar-refractivity contribution in [1.82, 2.24) is 16.0 Å². The van der Waals surface area contributed by atoms with Crippen molar-refractivity contribution in [3.63, 3.8) is 0 Å². The Kier molecular flexibility index (Phi) is 16.2. The molecule has 0 radical (unpaired) electrons. The Bertz CT molecular complexity index is 736. The summed E-state index contributed by atoms with van der Waals surface area (Å²) in [5.74, 6) is -1.21. The van der Waals surface area contributed by atoms with Crippen LogP contribution in [-0.2, 0) is 33.4 Å². The third-order valence-corrected chi connectivity index (χ3v) is 7.16. The van der Waals surface area contributed by atoms with Gasteiger partial charge in [0.2, 0.25) is 17.7 Å². The van der Waals surface area contributed by atoms with E-state index in [-0.39, 0.29) is 44.9 Å². The maximum atomic E-state index is 12.9. The van der Waals surface area contributed by atoms with Crippen molar-refractivity contribution >= 4 is 51.6 Å². The minimum absolute atomic E-state index is 0.0627. The van der Waals surface area contributed by atoms with Crippen molar-refractivity contribution in [3.8, 4) is 0 Å². The van der Waals surface area contributed by atoms with Gasteiger partial charge in [0.1, 0.15) is 12.4 Å². The van der Waals surface area contributed by atoms with E-state index in [0.717, 1.165) is 12.2 Å². The zero-order valence-corrected chi connectivity index (χ0v) is 22.2. The smallest absolute Gasteiger partial charge is 0.309 e. The summed E-state index contributed by atoms with van der Waals surface area (Å²) in [6, 6.07) is -0.550. The molecule has 12 heteroatoms. The molecule has 1 heterocycles. The number of cyclic esters (lactones) is 1. The lowest BCUT2D eigenvalue weighted by Gasteiger charge is -2.32. The largest absolute Gasteiger partial charge is 0.457 e. The zero-order valence-electron chi connectivity index (χ0n) is 20.6. The standard InChI is InChI=1S/C23H37N3O7S2/c1-4-16(2)23-18(32-10-7-9-27)13-22(31)33-17(8-5-6-11-35-34-3)12-19(28)24-14-20(29)25-15-21(30)26-23/h5,8-9,16-18,23H,4,6-7,10-15H2,1-3H3,(H,24,28)(H,25,29)(H,26,30)/t16?,17-,18?,23-/m1/s1. The molecule has 0 saturated carbocycles. The molecule has 0 aromatic rings. The van der Waals surface area contributed by atoms with E-state index in [4.69, 9.17) is 9.47 Å². The lowest BCUT2D eigenvalue weighted by Crippen LogP contribution is -2.52. The normalized spacial score (nSPS) is 23.9. The first-order chi connectivity index (χ1) is 16.8. The summed E-state index contributed by atoms with van der Waals surface area (Å²) >= 11 is 0. The number of ether oxygens (including phenoxy) is 2. The van der Waals surface area contributed by atoms with Gasteiger partial charge in [0, 0.05) is 12.2 Å². The Morgan fingerprint density at radius 1 is 1.09 bits per heavy atom. The van der Waals surface area contributed by atoms with Crippen molar-refractivity contribution in [2.24, 2.45) is 5.92 Å². The van der Waals surface area contributed by atoms with Crippen molar-refractivity contribution in [1.29, 1.82) is 0 Å². The van der Waals surface area contributed by atoms with Gasteiger partial charge in [0.25, 0.3) is 0 Å². The summed E-state index contributed by atoms with van der Waals surface area (Å²) in [7, 11) is 3.35. The van der Waals surface area contributed by atoms with Crippen LogP contribution in [0.3, 0.4) is 0 Å². The second-order valence-corrected chi connectivity index (χ2v) is 10.7. The Balaban J connectivity index is 3.13. The third kappa shape index (κ3) is 13.6. The van der Waals surface area contributed by atoms with Crippen LogP contribution in [0.2, 0.25) is 0 Å². The van der Waals surface area contributed by atoms with E-state index in [0.29, 0.717) is 12.7 Å². The molecule has 3 N–H and O–H groups in total. The molecule has 198 valence electrons. The van der Waals surface area contributed by atoms with Gasteiger partial charge in [-0.2, -0.15) is 0 Å². The summed E-state index contributed by atoms with van der Waals surface area (Å²) < 4.78 is 11.4. The molecule has 1 saturated heterocycles. The minimum Gasteiger partial charge on any atom is -0.457 e. The van der Waals surface area contributed by atoms with Gasteiger partial charge < -0.3 is 30.2 Å². The van der Waals surface area contributed by atoms with E-state index in [2.05, 4.69) is 16.0 Å². The molecule has 2 unspecified atom stereocenters. The number of nitrogens with one attached hydrogen (secondary N) is 3. The van der Waals surface area contributed by atoms with Crippen LogP contribution in [0.25, 0.3) is 0 Å². The average molecular weight is 532 g/mol. The van der Waals surface area contributed by atoms with Gasteiger partial charge in [-0.15, -0.1) is 0 Å². The minimum atomic E-state index is -0.817. The molecule has 10 nitrogen and oxygen atoms in total. The van der Waals surface area contributed by atoms with E-state index in [1.807, 2.05) is 26.2 Å². The number of hydrogen-bond acceptors (Lipinski definition) is 9. The van der Waals surface area contributed by atoms with Crippen LogP contribution in [0.4, 0.5) is 0 Å². The topological polar surface area (TPSA) is 140 Å². The summed E-state index contributed by atoms with van der Waals surface area (Å²) in [4.78, 5) is 60.6. The highest BCUT2D eigenvalue weighted by Crippen LogP contribution is 2.20. The molecule has 0 spiro atoms. The quantitative estimate of drug-likeness (QED) is 0.119. The second kappa shape index (κ2) is 18.3. The fourth-order valence-electron chi connectivity index (χ4n) is 3.30. The summed E-state index contributed by atoms with van der Waals surface area (Å²) in [6.45, 7) is 3.36. The number of carbonyl (C=O) groups is 5. The van der Waals surface area contributed by atoms with Crippen LogP contribution < -0.4 is 16.0 Å². The second-order valence-electron chi connectivity index (χ2n) is 8.04. The summed E-state index contributed by atoms with van der Waals surface area (Å²) in [5.41, 5.74) is 0. The van der Waals surface area contributed by atoms with Crippen LogP contribution in [0.5, 0.6) is 0 Å². The van der Waals surface area contributed by atoms with Gasteiger partial charge in [-0.05, 0) is 24.7 Å². The van der Waals surface area contributed by atoms with Crippen molar-refractivity contribution in [2.75, 3.05) is 31.7 Å². The molecule has 1 aliphatic heterocycles. The van der Waals surface area contributed by atoms with Crippen molar-refractivity contribution in [2.45, 2.75) is 64.2 Å². The highest BCUT2D eigenvalue weighted by Gasteiger charge is 2.32. The Hall–Kier alpha value is -2.05. The number of aldehydes is 1. The molecule has 4 atom stereocenters. The van der Waals surface area contributed by atoms with Gasteiger partial charge in [-0.25, -0.2) is 0 Å². The maximum absolute atomic E-state index is 12.9. The predicted octanol–water partition coefficient (Wildman–Crippen LogP) is 1.39. The lowest BCUT2D eigenvalue weighted by atomic mass is 9.92. The molecule has 0 aromatic carbocycles. The van der Waals surface area contributed by atoms with Crippen LogP contribution in [0.1, 0.15) is 46.0 Å². The van der Waals surface area contributed by atoms with Gasteiger partial charge in [0.05, 0.1) is 44.7 Å².